The molecule has 130 valence electrons. The molecule has 0 aromatic heterocycles. The fourth-order valence-corrected chi connectivity index (χ4v) is 2.89. The van der Waals surface area contributed by atoms with Crippen molar-refractivity contribution >= 4 is 11.9 Å². The summed E-state index contributed by atoms with van der Waals surface area (Å²) >= 11 is 0. The van der Waals surface area contributed by atoms with E-state index in [2.05, 4.69) is 5.32 Å². The molecule has 2 atom stereocenters. The van der Waals surface area contributed by atoms with Crippen LogP contribution >= 0.6 is 0 Å². The number of aliphatic carboxylic acids is 1. The molecular weight excluding hydrogens is 325 g/mol. The van der Waals surface area contributed by atoms with Gasteiger partial charge >= 0.3 is 5.97 Å². The molecule has 1 aliphatic heterocycles. The Hall–Kier alpha value is -2.89. The van der Waals surface area contributed by atoms with Crippen molar-refractivity contribution < 1.29 is 23.8 Å². The maximum atomic E-state index is 13.3. The Morgan fingerprint density at radius 1 is 1.28 bits per heavy atom. The summed E-state index contributed by atoms with van der Waals surface area (Å²) in [5.74, 6) is -1.62. The highest BCUT2D eigenvalue weighted by Crippen LogP contribution is 2.29. The quantitative estimate of drug-likeness (QED) is 0.874. The van der Waals surface area contributed by atoms with Crippen molar-refractivity contribution in [2.75, 3.05) is 0 Å². The van der Waals surface area contributed by atoms with E-state index in [9.17, 15) is 19.1 Å². The minimum atomic E-state index is -1.47. The van der Waals surface area contributed by atoms with E-state index in [0.29, 0.717) is 11.3 Å². The Labute approximate surface area is 144 Å². The largest absolute Gasteiger partial charge is 0.480 e. The van der Waals surface area contributed by atoms with Crippen molar-refractivity contribution in [3.63, 3.8) is 0 Å². The number of carboxylic acids is 1. The van der Waals surface area contributed by atoms with Gasteiger partial charge in [-0.2, -0.15) is 0 Å². The van der Waals surface area contributed by atoms with Gasteiger partial charge in [0, 0.05) is 18.4 Å². The third-order valence-electron chi connectivity index (χ3n) is 4.26. The maximum absolute atomic E-state index is 13.3. The molecule has 2 N–H and O–H groups in total. The van der Waals surface area contributed by atoms with Gasteiger partial charge in [-0.05, 0) is 30.7 Å². The molecule has 2 aromatic carbocycles. The van der Waals surface area contributed by atoms with Crippen LogP contribution in [0.15, 0.2) is 48.5 Å². The van der Waals surface area contributed by atoms with Crippen molar-refractivity contribution in [3.8, 4) is 5.75 Å². The van der Waals surface area contributed by atoms with Gasteiger partial charge < -0.3 is 15.2 Å². The molecule has 3 rings (SSSR count). The summed E-state index contributed by atoms with van der Waals surface area (Å²) < 4.78 is 18.8. The predicted molar refractivity (Wildman–Crippen MR) is 88.8 cm³/mol. The second kappa shape index (κ2) is 6.55. The van der Waals surface area contributed by atoms with Gasteiger partial charge in [-0.15, -0.1) is 0 Å². The van der Waals surface area contributed by atoms with Crippen molar-refractivity contribution in [3.05, 3.63) is 65.5 Å². The van der Waals surface area contributed by atoms with Crippen molar-refractivity contribution in [2.45, 2.75) is 31.4 Å². The zero-order chi connectivity index (χ0) is 18.0. The second-order valence-corrected chi connectivity index (χ2v) is 6.35. The molecule has 0 unspecified atom stereocenters. The van der Waals surface area contributed by atoms with Gasteiger partial charge in [-0.1, -0.05) is 30.3 Å². The van der Waals surface area contributed by atoms with E-state index in [-0.39, 0.29) is 12.8 Å². The number of nitrogens with one attached hydrogen (secondary N) is 1. The van der Waals surface area contributed by atoms with Gasteiger partial charge in [-0.3, -0.25) is 4.79 Å². The molecule has 1 heterocycles. The van der Waals surface area contributed by atoms with E-state index < -0.39 is 29.3 Å². The predicted octanol–water partition coefficient (Wildman–Crippen LogP) is 2.33. The van der Waals surface area contributed by atoms with E-state index >= 15 is 0 Å². The summed E-state index contributed by atoms with van der Waals surface area (Å²) in [4.78, 5) is 24.2. The van der Waals surface area contributed by atoms with Crippen LogP contribution < -0.4 is 10.1 Å². The van der Waals surface area contributed by atoms with Gasteiger partial charge in [0.1, 0.15) is 17.1 Å². The zero-order valence-corrected chi connectivity index (χ0v) is 13.7. The lowest BCUT2D eigenvalue weighted by Crippen LogP contribution is -2.56. The fourth-order valence-electron chi connectivity index (χ4n) is 2.89. The number of carboxylic acid groups (broad SMARTS) is 1. The molecule has 2 aromatic rings. The van der Waals surface area contributed by atoms with Crippen LogP contribution in [0.2, 0.25) is 0 Å². The Kier molecular flexibility index (Phi) is 4.44. The maximum Gasteiger partial charge on any atom is 0.329 e. The van der Waals surface area contributed by atoms with E-state index in [0.717, 1.165) is 5.56 Å². The van der Waals surface area contributed by atoms with Crippen LogP contribution in [0.5, 0.6) is 5.75 Å². The standard InChI is InChI=1S/C19H18FNO4/c1-19(18(23)24,11-12-5-3-2-4-6-12)21-17(22)16-10-13-9-14(20)7-8-15(13)25-16/h2-9,16H,10-11H2,1H3,(H,21,22)(H,23,24)/t16-,19+/m1/s1. The summed E-state index contributed by atoms with van der Waals surface area (Å²) in [6.45, 7) is 1.46. The number of hydrogen-bond donors (Lipinski definition) is 2. The Balaban J connectivity index is 1.73. The van der Waals surface area contributed by atoms with Crippen LogP contribution in [-0.4, -0.2) is 28.6 Å². The normalized spacial score (nSPS) is 17.9. The Bertz CT molecular complexity index is 808. The van der Waals surface area contributed by atoms with E-state index in [1.165, 1.54) is 25.1 Å². The molecule has 0 saturated heterocycles. The highest BCUT2D eigenvalue weighted by atomic mass is 19.1. The Morgan fingerprint density at radius 3 is 2.68 bits per heavy atom. The summed E-state index contributed by atoms with van der Waals surface area (Å²) in [6, 6.07) is 13.1. The van der Waals surface area contributed by atoms with Gasteiger partial charge in [0.25, 0.3) is 5.91 Å². The number of benzene rings is 2. The van der Waals surface area contributed by atoms with E-state index in [1.54, 1.807) is 12.1 Å². The minimum Gasteiger partial charge on any atom is -0.480 e. The lowest BCUT2D eigenvalue weighted by atomic mass is 9.92. The van der Waals surface area contributed by atoms with Crippen LogP contribution in [0.1, 0.15) is 18.1 Å². The molecule has 1 amide bonds. The molecule has 0 spiro atoms. The summed E-state index contributed by atoms with van der Waals surface area (Å²) in [6.07, 6.45) is -0.519. The van der Waals surface area contributed by atoms with Crippen LogP contribution in [0.3, 0.4) is 0 Å². The Morgan fingerprint density at radius 2 is 2.00 bits per heavy atom. The number of hydrogen-bond acceptors (Lipinski definition) is 3. The SMILES string of the molecule is C[C@@](Cc1ccccc1)(NC(=O)[C@H]1Cc2cc(F)ccc2O1)C(=O)O. The third-order valence-corrected chi connectivity index (χ3v) is 4.26. The average molecular weight is 343 g/mol. The van der Waals surface area contributed by atoms with Gasteiger partial charge in [0.15, 0.2) is 6.10 Å². The number of ether oxygens (including phenoxy) is 1. The molecule has 0 fully saturated rings. The summed E-state index contributed by atoms with van der Waals surface area (Å²) in [5.41, 5.74) is -0.0763. The smallest absolute Gasteiger partial charge is 0.329 e. The van der Waals surface area contributed by atoms with Gasteiger partial charge in [-0.25, -0.2) is 9.18 Å². The van der Waals surface area contributed by atoms with Gasteiger partial charge in [0.05, 0.1) is 0 Å². The number of carbonyl (C=O) groups is 2. The highest BCUT2D eigenvalue weighted by Gasteiger charge is 2.39. The first-order chi connectivity index (χ1) is 11.9. The number of carbonyl (C=O) groups excluding carboxylic acids is 1. The minimum absolute atomic E-state index is 0.142. The molecular formula is C19H18FNO4. The third kappa shape index (κ3) is 3.63. The van der Waals surface area contributed by atoms with Gasteiger partial charge in [0.2, 0.25) is 0 Å². The number of rotatable bonds is 5. The van der Waals surface area contributed by atoms with Crippen LogP contribution in [0.25, 0.3) is 0 Å². The average Bonchev–Trinajstić information content (AvgIpc) is 2.98. The van der Waals surface area contributed by atoms with Crippen LogP contribution in [0, 0.1) is 5.82 Å². The molecule has 5 nitrogen and oxygen atoms in total. The zero-order valence-electron chi connectivity index (χ0n) is 13.7. The first-order valence-corrected chi connectivity index (χ1v) is 7.92. The molecule has 6 heteroatoms. The monoisotopic (exact) mass is 343 g/mol. The lowest BCUT2D eigenvalue weighted by Gasteiger charge is -2.27. The lowest BCUT2D eigenvalue weighted by molar-refractivity contribution is -0.148. The summed E-state index contributed by atoms with van der Waals surface area (Å²) in [5, 5.41) is 12.2. The number of fused-ring (bicyclic) bond motifs is 1. The van der Waals surface area contributed by atoms with Crippen molar-refractivity contribution in [2.24, 2.45) is 0 Å². The molecule has 0 radical (unpaired) electrons. The van der Waals surface area contributed by atoms with Crippen molar-refractivity contribution in [1.29, 1.82) is 0 Å². The van der Waals surface area contributed by atoms with E-state index in [4.69, 9.17) is 4.74 Å². The van der Waals surface area contributed by atoms with E-state index in [1.807, 2.05) is 18.2 Å². The molecule has 0 aliphatic carbocycles. The number of halogens is 1. The van der Waals surface area contributed by atoms with Crippen LogP contribution in [0.4, 0.5) is 4.39 Å². The molecule has 25 heavy (non-hydrogen) atoms. The first kappa shape index (κ1) is 17.0. The fraction of sp³-hybridized carbons (Fsp3) is 0.263. The van der Waals surface area contributed by atoms with Crippen LogP contribution in [-0.2, 0) is 22.4 Å². The molecule has 1 aliphatic rings. The summed E-state index contributed by atoms with van der Waals surface area (Å²) in [7, 11) is 0. The topological polar surface area (TPSA) is 75.6 Å². The molecule has 0 saturated carbocycles. The second-order valence-electron chi connectivity index (χ2n) is 6.35. The number of amides is 1. The van der Waals surface area contributed by atoms with Crippen molar-refractivity contribution in [1.82, 2.24) is 5.32 Å². The molecule has 0 bridgehead atoms. The first-order valence-electron chi connectivity index (χ1n) is 7.92. The highest BCUT2D eigenvalue weighted by molar-refractivity contribution is 5.89.